The van der Waals surface area contributed by atoms with Crippen LogP contribution in [-0.4, -0.2) is 18.1 Å². The highest BCUT2D eigenvalue weighted by Gasteiger charge is 2.16. The number of carbonyl (C=O) groups is 1. The monoisotopic (exact) mass is 421 g/mol. The number of para-hydroxylation sites is 1. The topological polar surface area (TPSA) is 48.4 Å². The molecule has 0 aliphatic heterocycles. The number of nitrogens with zero attached hydrogens (tertiary/aromatic N) is 1. The Morgan fingerprint density at radius 3 is 2.70 bits per heavy atom. The summed E-state index contributed by atoms with van der Waals surface area (Å²) in [5.74, 6) is 0.764. The van der Waals surface area contributed by atoms with Crippen molar-refractivity contribution in [2.24, 2.45) is 0 Å². The van der Waals surface area contributed by atoms with Crippen LogP contribution < -0.4 is 9.47 Å². The second-order valence-corrected chi connectivity index (χ2v) is 7.01. The maximum atomic E-state index is 12.7. The Labute approximate surface area is 164 Å². The molecule has 0 radical (unpaired) electrons. The molecule has 0 aliphatic rings. The molecule has 0 saturated heterocycles. The van der Waals surface area contributed by atoms with Gasteiger partial charge in [0.2, 0.25) is 0 Å². The maximum absolute atomic E-state index is 12.7. The minimum absolute atomic E-state index is 0.103. The fraction of sp³-hybridized carbons (Fsp3) is 0.0909. The van der Waals surface area contributed by atoms with Gasteiger partial charge in [0.05, 0.1) is 13.5 Å². The number of benzene rings is 3. The first kappa shape index (κ1) is 17.5. The Kier molecular flexibility index (Phi) is 4.77. The van der Waals surface area contributed by atoms with Gasteiger partial charge in [-0.1, -0.05) is 46.3 Å². The first-order valence-corrected chi connectivity index (χ1v) is 9.24. The highest BCUT2D eigenvalue weighted by molar-refractivity contribution is 9.10. The number of methoxy groups -OCH3 is 1. The molecular weight excluding hydrogens is 406 g/mol. The zero-order valence-electron chi connectivity index (χ0n) is 14.6. The SMILES string of the molecule is COc1ccc2cc(Br)ccc2c1CC(=O)Oc1cccc2cccnc12. The highest BCUT2D eigenvalue weighted by atomic mass is 79.9. The van der Waals surface area contributed by atoms with E-state index < -0.39 is 0 Å². The average Bonchev–Trinajstić information content (AvgIpc) is 2.68. The predicted molar refractivity (Wildman–Crippen MR) is 109 cm³/mol. The predicted octanol–water partition coefficient (Wildman–Crippen LogP) is 5.31. The van der Waals surface area contributed by atoms with Crippen molar-refractivity contribution in [1.29, 1.82) is 0 Å². The molecule has 0 amide bonds. The lowest BCUT2D eigenvalue weighted by atomic mass is 10.0. The Bertz CT molecular complexity index is 1150. The Balaban J connectivity index is 1.68. The second-order valence-electron chi connectivity index (χ2n) is 6.09. The standard InChI is InChI=1S/C22H16BrNO3/c1-26-19-10-7-15-12-16(23)8-9-17(15)18(19)13-21(25)27-20-6-2-4-14-5-3-11-24-22(14)20/h2-12H,13H2,1H3. The van der Waals surface area contributed by atoms with Gasteiger partial charge in [-0.05, 0) is 41.1 Å². The highest BCUT2D eigenvalue weighted by Crippen LogP contribution is 2.31. The lowest BCUT2D eigenvalue weighted by Gasteiger charge is -2.13. The summed E-state index contributed by atoms with van der Waals surface area (Å²) in [4.78, 5) is 17.0. The molecule has 1 heterocycles. The Morgan fingerprint density at radius 1 is 1.00 bits per heavy atom. The fourth-order valence-corrected chi connectivity index (χ4v) is 3.56. The molecule has 27 heavy (non-hydrogen) atoms. The van der Waals surface area contributed by atoms with Crippen LogP contribution in [0.2, 0.25) is 0 Å². The van der Waals surface area contributed by atoms with Crippen LogP contribution in [0.5, 0.6) is 11.5 Å². The van der Waals surface area contributed by atoms with Crippen molar-refractivity contribution in [3.05, 3.63) is 76.9 Å². The summed E-state index contributed by atoms with van der Waals surface area (Å²) in [6.07, 6.45) is 1.79. The van der Waals surface area contributed by atoms with Gasteiger partial charge in [0.1, 0.15) is 11.3 Å². The normalized spacial score (nSPS) is 10.9. The molecule has 0 aliphatic carbocycles. The molecule has 4 rings (SSSR count). The van der Waals surface area contributed by atoms with E-state index in [2.05, 4.69) is 20.9 Å². The molecule has 0 N–H and O–H groups in total. The van der Waals surface area contributed by atoms with E-state index in [1.807, 2.05) is 54.6 Å². The molecule has 0 atom stereocenters. The van der Waals surface area contributed by atoms with Crippen LogP contribution in [0, 0.1) is 0 Å². The van der Waals surface area contributed by atoms with Crippen LogP contribution >= 0.6 is 15.9 Å². The van der Waals surface area contributed by atoms with Gasteiger partial charge in [-0.15, -0.1) is 0 Å². The van der Waals surface area contributed by atoms with E-state index in [-0.39, 0.29) is 12.4 Å². The fourth-order valence-electron chi connectivity index (χ4n) is 3.18. The molecule has 0 unspecified atom stereocenters. The van der Waals surface area contributed by atoms with Crippen LogP contribution in [-0.2, 0) is 11.2 Å². The first-order chi connectivity index (χ1) is 13.2. The van der Waals surface area contributed by atoms with Gasteiger partial charge < -0.3 is 9.47 Å². The molecule has 0 bridgehead atoms. The van der Waals surface area contributed by atoms with Gasteiger partial charge in [-0.2, -0.15) is 0 Å². The van der Waals surface area contributed by atoms with Crippen molar-refractivity contribution < 1.29 is 14.3 Å². The van der Waals surface area contributed by atoms with Crippen LogP contribution in [0.25, 0.3) is 21.7 Å². The third-order valence-corrected chi connectivity index (χ3v) is 4.90. The third kappa shape index (κ3) is 3.51. The summed E-state index contributed by atoms with van der Waals surface area (Å²) in [5, 5.41) is 2.92. The molecule has 0 fully saturated rings. The molecule has 1 aromatic heterocycles. The van der Waals surface area contributed by atoms with Crippen molar-refractivity contribution >= 4 is 43.6 Å². The molecule has 0 saturated carbocycles. The summed E-state index contributed by atoms with van der Waals surface area (Å²) in [5.41, 5.74) is 1.47. The van der Waals surface area contributed by atoms with E-state index in [0.717, 1.165) is 26.2 Å². The summed E-state index contributed by atoms with van der Waals surface area (Å²) >= 11 is 3.48. The smallest absolute Gasteiger partial charge is 0.315 e. The summed E-state index contributed by atoms with van der Waals surface area (Å²) in [6, 6.07) is 19.1. The van der Waals surface area contributed by atoms with Crippen molar-refractivity contribution in [2.75, 3.05) is 7.11 Å². The van der Waals surface area contributed by atoms with Gasteiger partial charge in [0.25, 0.3) is 0 Å². The number of hydrogen-bond acceptors (Lipinski definition) is 4. The number of fused-ring (bicyclic) bond motifs is 2. The molecular formula is C22H16BrNO3. The zero-order chi connectivity index (χ0) is 18.8. The quantitative estimate of drug-likeness (QED) is 0.331. The maximum Gasteiger partial charge on any atom is 0.315 e. The molecule has 3 aromatic carbocycles. The van der Waals surface area contributed by atoms with Gasteiger partial charge in [0, 0.05) is 21.6 Å². The summed E-state index contributed by atoms with van der Waals surface area (Å²) in [6.45, 7) is 0. The number of aromatic nitrogens is 1. The number of ether oxygens (including phenoxy) is 2. The van der Waals surface area contributed by atoms with E-state index >= 15 is 0 Å². The van der Waals surface area contributed by atoms with Crippen molar-refractivity contribution in [3.63, 3.8) is 0 Å². The lowest BCUT2D eigenvalue weighted by molar-refractivity contribution is -0.133. The van der Waals surface area contributed by atoms with Gasteiger partial charge >= 0.3 is 5.97 Å². The third-order valence-electron chi connectivity index (χ3n) is 4.41. The second kappa shape index (κ2) is 7.37. The van der Waals surface area contributed by atoms with Crippen molar-refractivity contribution in [3.8, 4) is 11.5 Å². The number of esters is 1. The van der Waals surface area contributed by atoms with Crippen LogP contribution in [0.1, 0.15) is 5.56 Å². The number of hydrogen-bond donors (Lipinski definition) is 0. The molecule has 0 spiro atoms. The summed E-state index contributed by atoms with van der Waals surface area (Å²) < 4.78 is 12.1. The van der Waals surface area contributed by atoms with E-state index in [1.165, 1.54) is 0 Å². The van der Waals surface area contributed by atoms with E-state index in [4.69, 9.17) is 9.47 Å². The lowest BCUT2D eigenvalue weighted by Crippen LogP contribution is -2.12. The molecule has 4 nitrogen and oxygen atoms in total. The van der Waals surface area contributed by atoms with Crippen LogP contribution in [0.4, 0.5) is 0 Å². The van der Waals surface area contributed by atoms with Crippen LogP contribution in [0.15, 0.2) is 71.3 Å². The number of pyridine rings is 1. The molecule has 5 heteroatoms. The summed E-state index contributed by atoms with van der Waals surface area (Å²) in [7, 11) is 1.60. The molecule has 134 valence electrons. The average molecular weight is 422 g/mol. The van der Waals surface area contributed by atoms with Crippen molar-refractivity contribution in [2.45, 2.75) is 6.42 Å². The number of rotatable bonds is 4. The Morgan fingerprint density at radius 2 is 1.85 bits per heavy atom. The minimum atomic E-state index is -0.359. The van der Waals surface area contributed by atoms with Gasteiger partial charge in [-0.25, -0.2) is 0 Å². The first-order valence-electron chi connectivity index (χ1n) is 8.45. The number of halogens is 1. The largest absolute Gasteiger partial charge is 0.496 e. The minimum Gasteiger partial charge on any atom is -0.496 e. The zero-order valence-corrected chi connectivity index (χ0v) is 16.2. The van der Waals surface area contributed by atoms with E-state index in [9.17, 15) is 4.79 Å². The van der Waals surface area contributed by atoms with Crippen molar-refractivity contribution in [1.82, 2.24) is 4.98 Å². The molecule has 4 aromatic rings. The van der Waals surface area contributed by atoms with E-state index in [0.29, 0.717) is 17.0 Å². The number of carbonyl (C=O) groups excluding carboxylic acids is 1. The Hall–Kier alpha value is -2.92. The van der Waals surface area contributed by atoms with E-state index in [1.54, 1.807) is 19.4 Å². The van der Waals surface area contributed by atoms with Gasteiger partial charge in [-0.3, -0.25) is 9.78 Å². The van der Waals surface area contributed by atoms with Gasteiger partial charge in [0.15, 0.2) is 5.75 Å². The van der Waals surface area contributed by atoms with Crippen LogP contribution in [0.3, 0.4) is 0 Å².